The summed E-state index contributed by atoms with van der Waals surface area (Å²) < 4.78 is 3.30. The van der Waals surface area contributed by atoms with Crippen molar-refractivity contribution < 1.29 is 4.68 Å². The molecule has 1 aromatic heterocycles. The fourth-order valence-corrected chi connectivity index (χ4v) is 3.43. The van der Waals surface area contributed by atoms with Crippen LogP contribution >= 0.6 is 33.9 Å². The van der Waals surface area contributed by atoms with E-state index in [0.717, 1.165) is 12.1 Å². The average molecular weight is 432 g/mol. The zero-order chi connectivity index (χ0) is 15.9. The van der Waals surface area contributed by atoms with Gasteiger partial charge in [-0.15, -0.1) is 0 Å². The van der Waals surface area contributed by atoms with Crippen LogP contribution in [0.25, 0.3) is 5.43 Å². The van der Waals surface area contributed by atoms with E-state index in [1.54, 1.807) is 11.3 Å². The van der Waals surface area contributed by atoms with Gasteiger partial charge in [0.15, 0.2) is 12.8 Å². The standard InChI is InChI=1S/C19H17IN2S/c20-19-9-5-4-8-18(19)12-21-22(14-17-10-11-23-15-17)13-16-6-2-1-3-7-16/h1-11,13,15H,12,14H2/b22-13+. The van der Waals surface area contributed by atoms with Gasteiger partial charge in [-0.05, 0) is 57.8 Å². The summed E-state index contributed by atoms with van der Waals surface area (Å²) in [5.41, 5.74) is 8.50. The van der Waals surface area contributed by atoms with Gasteiger partial charge in [-0.1, -0.05) is 42.9 Å². The lowest BCUT2D eigenvalue weighted by Gasteiger charge is -2.18. The van der Waals surface area contributed by atoms with Gasteiger partial charge in [-0.25, -0.2) is 0 Å². The molecule has 0 saturated carbocycles. The molecule has 0 spiro atoms. The predicted molar refractivity (Wildman–Crippen MR) is 106 cm³/mol. The highest BCUT2D eigenvalue weighted by Gasteiger charge is 2.02. The van der Waals surface area contributed by atoms with Gasteiger partial charge in [0, 0.05) is 20.1 Å². The van der Waals surface area contributed by atoms with Crippen LogP contribution < -0.4 is 0 Å². The van der Waals surface area contributed by atoms with E-state index in [2.05, 4.69) is 94.2 Å². The summed E-state index contributed by atoms with van der Waals surface area (Å²) in [5, 5.41) is 4.28. The molecule has 0 aliphatic rings. The van der Waals surface area contributed by atoms with Crippen LogP contribution in [-0.4, -0.2) is 10.9 Å². The second kappa shape index (κ2) is 8.26. The average Bonchev–Trinajstić information content (AvgIpc) is 3.08. The van der Waals surface area contributed by atoms with Gasteiger partial charge in [-0.3, -0.25) is 4.68 Å². The van der Waals surface area contributed by atoms with Crippen molar-refractivity contribution in [2.24, 2.45) is 0 Å². The van der Waals surface area contributed by atoms with Crippen molar-refractivity contribution >= 4 is 40.1 Å². The quantitative estimate of drug-likeness (QED) is 0.213. The Bertz CT molecular complexity index is 767. The Hall–Kier alpha value is -1.66. The fraction of sp³-hybridized carbons (Fsp3) is 0.105. The van der Waals surface area contributed by atoms with E-state index in [1.165, 1.54) is 14.7 Å². The molecule has 4 heteroatoms. The van der Waals surface area contributed by atoms with Gasteiger partial charge in [-0.2, -0.15) is 11.3 Å². The van der Waals surface area contributed by atoms with Crippen LogP contribution in [0.2, 0.25) is 0 Å². The van der Waals surface area contributed by atoms with E-state index < -0.39 is 0 Å². The second-order valence-corrected chi connectivity index (χ2v) is 7.10. The van der Waals surface area contributed by atoms with Crippen LogP contribution in [0.1, 0.15) is 16.7 Å². The number of thiophene rings is 1. The zero-order valence-electron chi connectivity index (χ0n) is 12.6. The van der Waals surface area contributed by atoms with Gasteiger partial charge in [0.1, 0.15) is 0 Å². The highest BCUT2D eigenvalue weighted by molar-refractivity contribution is 14.1. The van der Waals surface area contributed by atoms with Gasteiger partial charge in [0.05, 0.1) is 0 Å². The van der Waals surface area contributed by atoms with E-state index in [9.17, 15) is 0 Å². The minimum Gasteiger partial charge on any atom is -0.436 e. The Morgan fingerprint density at radius 3 is 2.52 bits per heavy atom. The Morgan fingerprint density at radius 1 is 1.00 bits per heavy atom. The molecule has 1 heterocycles. The molecule has 23 heavy (non-hydrogen) atoms. The summed E-state index contributed by atoms with van der Waals surface area (Å²) in [7, 11) is 0. The van der Waals surface area contributed by atoms with E-state index in [0.29, 0.717) is 6.54 Å². The summed E-state index contributed by atoms with van der Waals surface area (Å²) in [6, 6.07) is 20.9. The molecule has 0 N–H and O–H groups in total. The lowest BCUT2D eigenvalue weighted by atomic mass is 10.2. The normalized spacial score (nSPS) is 11.4. The van der Waals surface area contributed by atoms with E-state index >= 15 is 0 Å². The second-order valence-electron chi connectivity index (χ2n) is 5.16. The molecule has 0 fully saturated rings. The summed E-state index contributed by atoms with van der Waals surface area (Å²) in [6.45, 7) is 1.48. The monoisotopic (exact) mass is 432 g/mol. The molecule has 3 rings (SSSR count). The van der Waals surface area contributed by atoms with Crippen LogP contribution in [-0.2, 0) is 13.1 Å². The van der Waals surface area contributed by atoms with Crippen molar-refractivity contribution in [2.75, 3.05) is 0 Å². The zero-order valence-corrected chi connectivity index (χ0v) is 15.6. The van der Waals surface area contributed by atoms with Crippen LogP contribution in [0.15, 0.2) is 71.4 Å². The Kier molecular flexibility index (Phi) is 5.82. The van der Waals surface area contributed by atoms with Crippen molar-refractivity contribution in [3.63, 3.8) is 0 Å². The maximum Gasteiger partial charge on any atom is 0.166 e. The molecule has 116 valence electrons. The molecule has 0 amide bonds. The summed E-state index contributed by atoms with van der Waals surface area (Å²) in [4.78, 5) is 0. The Balaban J connectivity index is 1.77. The number of hydrogen-bond donors (Lipinski definition) is 0. The van der Waals surface area contributed by atoms with Crippen LogP contribution in [0.4, 0.5) is 0 Å². The first kappa shape index (κ1) is 16.2. The third-order valence-electron chi connectivity index (χ3n) is 3.40. The van der Waals surface area contributed by atoms with Crippen molar-refractivity contribution in [2.45, 2.75) is 13.1 Å². The molecule has 0 radical (unpaired) electrons. The molecule has 0 bridgehead atoms. The first-order valence-electron chi connectivity index (χ1n) is 7.40. The number of benzene rings is 2. The van der Waals surface area contributed by atoms with Crippen molar-refractivity contribution in [1.29, 1.82) is 0 Å². The molecule has 2 aromatic carbocycles. The minimum absolute atomic E-state index is 0.687. The van der Waals surface area contributed by atoms with Gasteiger partial charge in [0.2, 0.25) is 0 Å². The molecule has 0 aliphatic heterocycles. The third kappa shape index (κ3) is 4.91. The van der Waals surface area contributed by atoms with Gasteiger partial charge in [0.25, 0.3) is 0 Å². The lowest BCUT2D eigenvalue weighted by Crippen LogP contribution is -2.09. The Morgan fingerprint density at radius 2 is 1.78 bits per heavy atom. The van der Waals surface area contributed by atoms with Gasteiger partial charge >= 0.3 is 0 Å². The van der Waals surface area contributed by atoms with Crippen LogP contribution in [0.5, 0.6) is 0 Å². The van der Waals surface area contributed by atoms with Crippen LogP contribution in [0.3, 0.4) is 0 Å². The minimum atomic E-state index is 0.687. The van der Waals surface area contributed by atoms with E-state index in [1.807, 2.05) is 10.8 Å². The molecule has 0 atom stereocenters. The summed E-state index contributed by atoms with van der Waals surface area (Å²) in [5.74, 6) is 0. The maximum atomic E-state index is 4.80. The SMILES string of the molecule is Ic1ccccc1C[N-]/[N+](=C/c1ccccc1)Cc1ccsc1. The van der Waals surface area contributed by atoms with Gasteiger partial charge < -0.3 is 5.43 Å². The van der Waals surface area contributed by atoms with Crippen LogP contribution in [0, 0.1) is 3.57 Å². The third-order valence-corrected chi connectivity index (χ3v) is 5.19. The van der Waals surface area contributed by atoms with Crippen molar-refractivity contribution in [1.82, 2.24) is 0 Å². The molecular formula is C19H17IN2S. The highest BCUT2D eigenvalue weighted by atomic mass is 127. The smallest absolute Gasteiger partial charge is 0.166 e. The Labute approximate surface area is 154 Å². The van der Waals surface area contributed by atoms with Crippen molar-refractivity contribution in [3.05, 3.63) is 97.1 Å². The molecule has 3 aromatic rings. The molecule has 0 unspecified atom stereocenters. The van der Waals surface area contributed by atoms with Crippen molar-refractivity contribution in [3.8, 4) is 0 Å². The largest absolute Gasteiger partial charge is 0.436 e. The summed E-state index contributed by atoms with van der Waals surface area (Å²) in [6.07, 6.45) is 2.10. The number of halogens is 1. The number of hydrogen-bond acceptors (Lipinski definition) is 1. The predicted octanol–water partition coefficient (Wildman–Crippen LogP) is 5.47. The molecule has 2 nitrogen and oxygen atoms in total. The van der Waals surface area contributed by atoms with E-state index in [4.69, 9.17) is 5.43 Å². The molecular weight excluding hydrogens is 415 g/mol. The highest BCUT2D eigenvalue weighted by Crippen LogP contribution is 2.16. The topological polar surface area (TPSA) is 17.1 Å². The lowest BCUT2D eigenvalue weighted by molar-refractivity contribution is -0.492. The maximum absolute atomic E-state index is 4.80. The first-order chi connectivity index (χ1) is 11.3. The number of nitrogens with zero attached hydrogens (tertiary/aromatic N) is 2. The number of rotatable bonds is 6. The fourth-order valence-electron chi connectivity index (χ4n) is 2.21. The first-order valence-corrected chi connectivity index (χ1v) is 9.42. The van der Waals surface area contributed by atoms with E-state index in [-0.39, 0.29) is 0 Å². The molecule has 0 aliphatic carbocycles. The molecule has 0 saturated heterocycles. The summed E-state index contributed by atoms with van der Waals surface area (Å²) >= 11 is 4.09.